The Bertz CT molecular complexity index is 855. The van der Waals surface area contributed by atoms with Crippen LogP contribution in [0.3, 0.4) is 0 Å². The van der Waals surface area contributed by atoms with Gasteiger partial charge in [0, 0.05) is 5.54 Å². The van der Waals surface area contributed by atoms with Gasteiger partial charge in [0.05, 0.1) is 0 Å². The first-order valence-electron chi connectivity index (χ1n) is 14.0. The molecule has 4 fully saturated rings. The monoisotopic (exact) mass is 437 g/mol. The molecular weight excluding hydrogens is 386 g/mol. The summed E-state index contributed by atoms with van der Waals surface area (Å²) in [6.07, 6.45) is 17.5. The van der Waals surface area contributed by atoms with Crippen molar-refractivity contribution in [1.82, 2.24) is 0 Å². The van der Waals surface area contributed by atoms with Gasteiger partial charge in [0.2, 0.25) is 0 Å². The SMILES string of the molecule is C=C(C)[C@@]1(C)CCC[C@@]2(C)C1CC[C@]1(C)C2CC=C2[C@@]1(C)CC[C@@]1(C)CCC[C@H](C)[C@@]21N. The minimum atomic E-state index is -0.108. The molecule has 0 heterocycles. The molecular formula is C31H51N. The van der Waals surface area contributed by atoms with E-state index in [0.717, 1.165) is 11.8 Å². The van der Waals surface area contributed by atoms with E-state index in [-0.39, 0.29) is 16.4 Å². The van der Waals surface area contributed by atoms with Crippen molar-refractivity contribution >= 4 is 0 Å². The Morgan fingerprint density at radius 1 is 0.906 bits per heavy atom. The molecule has 0 aromatic rings. The lowest BCUT2D eigenvalue weighted by Crippen LogP contribution is -2.71. The first-order chi connectivity index (χ1) is 14.8. The van der Waals surface area contributed by atoms with E-state index in [1.54, 1.807) is 5.57 Å². The third-order valence-corrected chi connectivity index (χ3v) is 13.6. The molecule has 0 amide bonds. The number of rotatable bonds is 1. The van der Waals surface area contributed by atoms with Crippen LogP contribution in [0.15, 0.2) is 23.8 Å². The summed E-state index contributed by atoms with van der Waals surface area (Å²) in [5.41, 5.74) is 12.3. The van der Waals surface area contributed by atoms with Gasteiger partial charge in [-0.25, -0.2) is 0 Å². The third kappa shape index (κ3) is 2.46. The van der Waals surface area contributed by atoms with E-state index in [1.807, 2.05) is 0 Å². The standard InChI is InChI=1S/C31H51N/c1-21(2)27(5)16-10-17-28(6)23(27)14-18-29(7)24(28)12-13-25-30(29,8)20-19-26(4)15-9-11-22(3)31(25,26)32/h13,22-24H,1,9-12,14-20,32H2,2-8H3/t22-,23?,24?,26+,27+,28-,29+,30+,31+/m0/s1. The summed E-state index contributed by atoms with van der Waals surface area (Å²) in [7, 11) is 0. The molecule has 0 aliphatic heterocycles. The summed E-state index contributed by atoms with van der Waals surface area (Å²) in [6.45, 7) is 22.4. The highest BCUT2D eigenvalue weighted by molar-refractivity contribution is 5.41. The zero-order chi connectivity index (χ0) is 23.4. The molecule has 180 valence electrons. The van der Waals surface area contributed by atoms with Crippen molar-refractivity contribution < 1.29 is 0 Å². The van der Waals surface area contributed by atoms with Crippen LogP contribution in [0.4, 0.5) is 0 Å². The van der Waals surface area contributed by atoms with Crippen molar-refractivity contribution in [2.24, 2.45) is 50.6 Å². The van der Waals surface area contributed by atoms with E-state index in [4.69, 9.17) is 5.73 Å². The molecule has 32 heavy (non-hydrogen) atoms. The minimum absolute atomic E-state index is 0.108. The summed E-state index contributed by atoms with van der Waals surface area (Å²) >= 11 is 0. The minimum Gasteiger partial charge on any atom is -0.321 e. The quantitative estimate of drug-likeness (QED) is 0.409. The smallest absolute Gasteiger partial charge is 0.0454 e. The number of hydrogen-bond acceptors (Lipinski definition) is 1. The lowest BCUT2D eigenvalue weighted by Gasteiger charge is -2.73. The predicted molar refractivity (Wildman–Crippen MR) is 137 cm³/mol. The van der Waals surface area contributed by atoms with Crippen molar-refractivity contribution in [3.8, 4) is 0 Å². The van der Waals surface area contributed by atoms with Gasteiger partial charge < -0.3 is 5.73 Å². The Morgan fingerprint density at radius 3 is 2.31 bits per heavy atom. The van der Waals surface area contributed by atoms with Crippen molar-refractivity contribution in [2.45, 2.75) is 125 Å². The second kappa shape index (κ2) is 6.77. The Hall–Kier alpha value is -0.560. The first kappa shape index (κ1) is 23.2. The normalized spacial score (nSPS) is 57.4. The van der Waals surface area contributed by atoms with Crippen LogP contribution in [0, 0.1) is 44.8 Å². The number of nitrogens with two attached hydrogens (primary N) is 1. The Kier molecular flexibility index (Phi) is 4.90. The van der Waals surface area contributed by atoms with Gasteiger partial charge in [0.15, 0.2) is 0 Å². The molecule has 0 radical (unpaired) electrons. The molecule has 2 N–H and O–H groups in total. The average molecular weight is 438 g/mol. The van der Waals surface area contributed by atoms with Gasteiger partial charge in [0.1, 0.15) is 0 Å². The van der Waals surface area contributed by atoms with E-state index < -0.39 is 0 Å². The van der Waals surface area contributed by atoms with Crippen LogP contribution in [-0.2, 0) is 0 Å². The summed E-state index contributed by atoms with van der Waals surface area (Å²) in [5.74, 6) is 2.15. The summed E-state index contributed by atoms with van der Waals surface area (Å²) in [4.78, 5) is 0. The van der Waals surface area contributed by atoms with Crippen LogP contribution in [0.5, 0.6) is 0 Å². The van der Waals surface area contributed by atoms with Crippen molar-refractivity contribution in [3.63, 3.8) is 0 Å². The summed E-state index contributed by atoms with van der Waals surface area (Å²) in [5, 5.41) is 0. The molecule has 0 aromatic heterocycles. The van der Waals surface area contributed by atoms with Crippen LogP contribution in [0.2, 0.25) is 0 Å². The Labute approximate surface area is 199 Å². The van der Waals surface area contributed by atoms with Crippen LogP contribution in [0.25, 0.3) is 0 Å². The Balaban J connectivity index is 1.63. The molecule has 2 unspecified atom stereocenters. The van der Waals surface area contributed by atoms with Crippen LogP contribution >= 0.6 is 0 Å². The van der Waals surface area contributed by atoms with Crippen LogP contribution in [0.1, 0.15) is 119 Å². The van der Waals surface area contributed by atoms with E-state index in [1.165, 1.54) is 76.2 Å². The maximum Gasteiger partial charge on any atom is 0.0454 e. The molecule has 5 aliphatic rings. The molecule has 4 saturated carbocycles. The Morgan fingerprint density at radius 2 is 1.62 bits per heavy atom. The highest BCUT2D eigenvalue weighted by Gasteiger charge is 2.70. The van der Waals surface area contributed by atoms with Crippen molar-refractivity contribution in [1.29, 1.82) is 0 Å². The fraction of sp³-hybridized carbons (Fsp3) is 0.871. The third-order valence-electron chi connectivity index (χ3n) is 13.6. The van der Waals surface area contributed by atoms with Gasteiger partial charge >= 0.3 is 0 Å². The molecule has 5 rings (SSSR count). The van der Waals surface area contributed by atoms with E-state index in [9.17, 15) is 0 Å². The number of hydrogen-bond donors (Lipinski definition) is 1. The molecule has 5 aliphatic carbocycles. The van der Waals surface area contributed by atoms with Gasteiger partial charge in [-0.15, -0.1) is 0 Å². The molecule has 1 heteroatoms. The van der Waals surface area contributed by atoms with Gasteiger partial charge in [0.25, 0.3) is 0 Å². The van der Waals surface area contributed by atoms with Crippen molar-refractivity contribution in [2.75, 3.05) is 0 Å². The van der Waals surface area contributed by atoms with E-state index in [2.05, 4.69) is 61.1 Å². The molecule has 0 aromatic carbocycles. The highest BCUT2D eigenvalue weighted by Crippen LogP contribution is 2.76. The number of allylic oxidation sites excluding steroid dienone is 2. The second-order valence-corrected chi connectivity index (χ2v) is 14.5. The van der Waals surface area contributed by atoms with Crippen LogP contribution < -0.4 is 5.73 Å². The second-order valence-electron chi connectivity index (χ2n) is 14.5. The zero-order valence-corrected chi connectivity index (χ0v) is 22.4. The molecule has 0 saturated heterocycles. The number of fused-ring (bicyclic) bond motifs is 7. The summed E-state index contributed by atoms with van der Waals surface area (Å²) in [6, 6.07) is 0. The first-order valence-corrected chi connectivity index (χ1v) is 14.0. The van der Waals surface area contributed by atoms with Gasteiger partial charge in [-0.3, -0.25) is 0 Å². The maximum atomic E-state index is 7.63. The molecule has 1 nitrogen and oxygen atoms in total. The maximum absolute atomic E-state index is 7.63. The lowest BCUT2D eigenvalue weighted by atomic mass is 9.32. The van der Waals surface area contributed by atoms with Gasteiger partial charge in [-0.2, -0.15) is 0 Å². The molecule has 0 bridgehead atoms. The fourth-order valence-corrected chi connectivity index (χ4v) is 11.1. The summed E-state index contributed by atoms with van der Waals surface area (Å²) < 4.78 is 0. The molecule has 9 atom stereocenters. The van der Waals surface area contributed by atoms with Crippen molar-refractivity contribution in [3.05, 3.63) is 23.8 Å². The van der Waals surface area contributed by atoms with Crippen LogP contribution in [-0.4, -0.2) is 5.54 Å². The van der Waals surface area contributed by atoms with E-state index in [0.29, 0.717) is 22.2 Å². The zero-order valence-electron chi connectivity index (χ0n) is 22.4. The average Bonchev–Trinajstić information content (AvgIpc) is 2.71. The van der Waals surface area contributed by atoms with Gasteiger partial charge in [-0.05, 0) is 115 Å². The topological polar surface area (TPSA) is 26.0 Å². The predicted octanol–water partition coefficient (Wildman–Crippen LogP) is 8.45. The fourth-order valence-electron chi connectivity index (χ4n) is 11.1. The van der Waals surface area contributed by atoms with E-state index >= 15 is 0 Å². The highest BCUT2D eigenvalue weighted by atomic mass is 14.9. The lowest BCUT2D eigenvalue weighted by molar-refractivity contribution is -0.178. The molecule has 0 spiro atoms. The largest absolute Gasteiger partial charge is 0.321 e. The van der Waals surface area contributed by atoms with Gasteiger partial charge in [-0.1, -0.05) is 72.6 Å².